The molecule has 152 valence electrons. The third kappa shape index (κ3) is 2.74. The molecule has 1 atom stereocenters. The number of benzene rings is 3. The third-order valence-electron chi connectivity index (χ3n) is 6.59. The SMILES string of the molecule is Cc1cc2c3c(c1)nc(-c1ccccc1)n3-c1c(C(C)C)cc(C(C)C)cc1C2C. The molecule has 2 heterocycles. The molecule has 0 N–H and O–H groups in total. The third-order valence-corrected chi connectivity index (χ3v) is 6.59. The van der Waals surface area contributed by atoms with Gasteiger partial charge in [-0.15, -0.1) is 0 Å². The Bertz CT molecular complexity index is 1260. The monoisotopic (exact) mass is 394 g/mol. The van der Waals surface area contributed by atoms with Crippen LogP contribution in [0.4, 0.5) is 0 Å². The molecular formula is C28H30N2. The van der Waals surface area contributed by atoms with Crippen molar-refractivity contribution in [1.82, 2.24) is 9.55 Å². The van der Waals surface area contributed by atoms with E-state index in [1.54, 1.807) is 0 Å². The Hall–Kier alpha value is -2.87. The second-order valence-corrected chi connectivity index (χ2v) is 9.44. The molecule has 1 aliphatic rings. The predicted molar refractivity (Wildman–Crippen MR) is 127 cm³/mol. The van der Waals surface area contributed by atoms with Gasteiger partial charge in [0.05, 0.1) is 16.7 Å². The highest BCUT2D eigenvalue weighted by Gasteiger charge is 2.31. The molecule has 1 unspecified atom stereocenters. The second kappa shape index (κ2) is 6.84. The first kappa shape index (κ1) is 19.1. The van der Waals surface area contributed by atoms with Gasteiger partial charge in [0.2, 0.25) is 0 Å². The van der Waals surface area contributed by atoms with E-state index in [1.165, 1.54) is 44.6 Å². The summed E-state index contributed by atoms with van der Waals surface area (Å²) in [5.74, 6) is 2.35. The summed E-state index contributed by atoms with van der Waals surface area (Å²) in [6.45, 7) is 13.8. The lowest BCUT2D eigenvalue weighted by molar-refractivity contribution is 0.789. The Kier molecular flexibility index (Phi) is 4.36. The van der Waals surface area contributed by atoms with Gasteiger partial charge >= 0.3 is 0 Å². The molecule has 0 radical (unpaired) electrons. The topological polar surface area (TPSA) is 17.8 Å². The summed E-state index contributed by atoms with van der Waals surface area (Å²) in [6, 6.07) is 20.1. The highest BCUT2D eigenvalue weighted by Crippen LogP contribution is 2.46. The Morgan fingerprint density at radius 1 is 0.867 bits per heavy atom. The van der Waals surface area contributed by atoms with Crippen LogP contribution in [0.15, 0.2) is 54.6 Å². The van der Waals surface area contributed by atoms with E-state index >= 15 is 0 Å². The van der Waals surface area contributed by atoms with Gasteiger partial charge in [-0.1, -0.05) is 83.1 Å². The normalized spacial score (nSPS) is 15.3. The van der Waals surface area contributed by atoms with Crippen LogP contribution in [0.1, 0.15) is 80.2 Å². The minimum atomic E-state index is 0.353. The van der Waals surface area contributed by atoms with Gasteiger partial charge in [0.1, 0.15) is 5.82 Å². The quantitative estimate of drug-likeness (QED) is 0.348. The minimum Gasteiger partial charge on any atom is -0.291 e. The summed E-state index contributed by atoms with van der Waals surface area (Å²) in [5, 5.41) is 0. The average Bonchev–Trinajstić information content (AvgIpc) is 3.10. The van der Waals surface area contributed by atoms with Gasteiger partial charge in [0.25, 0.3) is 0 Å². The van der Waals surface area contributed by atoms with Gasteiger partial charge in [-0.2, -0.15) is 0 Å². The minimum absolute atomic E-state index is 0.353. The average molecular weight is 395 g/mol. The van der Waals surface area contributed by atoms with E-state index < -0.39 is 0 Å². The van der Waals surface area contributed by atoms with Crippen LogP contribution in [0.3, 0.4) is 0 Å². The van der Waals surface area contributed by atoms with Crippen molar-refractivity contribution in [3.05, 3.63) is 82.4 Å². The van der Waals surface area contributed by atoms with Crippen LogP contribution >= 0.6 is 0 Å². The van der Waals surface area contributed by atoms with E-state index in [2.05, 4.69) is 101 Å². The number of rotatable bonds is 3. The Balaban J connectivity index is 1.96. The summed E-state index contributed by atoms with van der Waals surface area (Å²) < 4.78 is 2.45. The lowest BCUT2D eigenvalue weighted by atomic mass is 9.81. The van der Waals surface area contributed by atoms with Crippen LogP contribution in [0.2, 0.25) is 0 Å². The van der Waals surface area contributed by atoms with Crippen LogP contribution in [0.5, 0.6) is 0 Å². The van der Waals surface area contributed by atoms with E-state index in [1.807, 2.05) is 0 Å². The fourth-order valence-corrected chi connectivity index (χ4v) is 4.95. The molecule has 0 aliphatic carbocycles. The summed E-state index contributed by atoms with van der Waals surface area (Å²) in [7, 11) is 0. The second-order valence-electron chi connectivity index (χ2n) is 9.44. The van der Waals surface area contributed by atoms with Crippen molar-refractivity contribution in [2.24, 2.45) is 0 Å². The van der Waals surface area contributed by atoms with Crippen molar-refractivity contribution < 1.29 is 0 Å². The number of fused-ring (bicyclic) bond motifs is 2. The summed E-state index contributed by atoms with van der Waals surface area (Å²) in [5.41, 5.74) is 11.8. The zero-order chi connectivity index (χ0) is 21.2. The zero-order valence-electron chi connectivity index (χ0n) is 18.8. The first-order valence-electron chi connectivity index (χ1n) is 11.1. The molecular weight excluding hydrogens is 364 g/mol. The standard InChI is InChI=1S/C28H30N2/c1-16(2)21-14-22(17(3)4)26-24(15-21)19(6)23-12-18(5)13-25-27(23)30(26)28(29-25)20-10-8-7-9-11-20/h7-17,19H,1-6H3. The van der Waals surface area contributed by atoms with E-state index in [4.69, 9.17) is 4.98 Å². The van der Waals surface area contributed by atoms with Crippen LogP contribution in [-0.4, -0.2) is 9.55 Å². The van der Waals surface area contributed by atoms with Crippen molar-refractivity contribution in [2.75, 3.05) is 0 Å². The van der Waals surface area contributed by atoms with E-state index in [0.717, 1.165) is 11.3 Å². The van der Waals surface area contributed by atoms with Gasteiger partial charge in [0, 0.05) is 11.5 Å². The van der Waals surface area contributed by atoms with Crippen LogP contribution < -0.4 is 0 Å². The lowest BCUT2D eigenvalue weighted by Crippen LogP contribution is -2.16. The zero-order valence-corrected chi connectivity index (χ0v) is 18.8. The fraction of sp³-hybridized carbons (Fsp3) is 0.321. The molecule has 4 aromatic rings. The van der Waals surface area contributed by atoms with Crippen molar-refractivity contribution >= 4 is 11.0 Å². The molecule has 0 saturated heterocycles. The molecule has 3 aromatic carbocycles. The summed E-state index contributed by atoms with van der Waals surface area (Å²) in [4.78, 5) is 5.17. The lowest BCUT2D eigenvalue weighted by Gasteiger charge is -2.31. The van der Waals surface area contributed by atoms with Crippen molar-refractivity contribution in [1.29, 1.82) is 0 Å². The summed E-state index contributed by atoms with van der Waals surface area (Å²) in [6.07, 6.45) is 0. The number of aryl methyl sites for hydroxylation is 1. The van der Waals surface area contributed by atoms with Crippen LogP contribution in [-0.2, 0) is 0 Å². The number of imidazole rings is 1. The maximum atomic E-state index is 5.17. The van der Waals surface area contributed by atoms with Gasteiger partial charge in [-0.05, 0) is 52.6 Å². The van der Waals surface area contributed by atoms with Crippen LogP contribution in [0, 0.1) is 6.92 Å². The van der Waals surface area contributed by atoms with E-state index in [0.29, 0.717) is 17.8 Å². The largest absolute Gasteiger partial charge is 0.291 e. The van der Waals surface area contributed by atoms with Gasteiger partial charge in [0.15, 0.2) is 0 Å². The molecule has 0 saturated carbocycles. The Morgan fingerprint density at radius 2 is 1.60 bits per heavy atom. The molecule has 0 spiro atoms. The maximum absolute atomic E-state index is 5.17. The number of aromatic nitrogens is 2. The molecule has 30 heavy (non-hydrogen) atoms. The van der Waals surface area contributed by atoms with E-state index in [-0.39, 0.29) is 0 Å². The highest BCUT2D eigenvalue weighted by atomic mass is 15.1. The smallest absolute Gasteiger partial charge is 0.145 e. The molecule has 0 amide bonds. The number of nitrogens with zero attached hydrogens (tertiary/aromatic N) is 2. The van der Waals surface area contributed by atoms with Crippen LogP contribution in [0.25, 0.3) is 28.1 Å². The summed E-state index contributed by atoms with van der Waals surface area (Å²) >= 11 is 0. The molecule has 5 rings (SSSR count). The molecule has 2 nitrogen and oxygen atoms in total. The van der Waals surface area contributed by atoms with Crippen molar-refractivity contribution in [2.45, 2.75) is 59.3 Å². The number of hydrogen-bond acceptors (Lipinski definition) is 1. The first-order valence-corrected chi connectivity index (χ1v) is 11.1. The van der Waals surface area contributed by atoms with Gasteiger partial charge in [-0.25, -0.2) is 4.98 Å². The Labute approximate surface area is 179 Å². The van der Waals surface area contributed by atoms with Crippen molar-refractivity contribution in [3.63, 3.8) is 0 Å². The van der Waals surface area contributed by atoms with Crippen molar-refractivity contribution in [3.8, 4) is 17.1 Å². The predicted octanol–water partition coefficient (Wildman–Crippen LogP) is 7.71. The number of hydrogen-bond donors (Lipinski definition) is 0. The maximum Gasteiger partial charge on any atom is 0.145 e. The molecule has 1 aliphatic heterocycles. The highest BCUT2D eigenvalue weighted by molar-refractivity contribution is 5.90. The van der Waals surface area contributed by atoms with Gasteiger partial charge < -0.3 is 0 Å². The van der Waals surface area contributed by atoms with E-state index in [9.17, 15) is 0 Å². The Morgan fingerprint density at radius 3 is 2.27 bits per heavy atom. The van der Waals surface area contributed by atoms with Gasteiger partial charge in [-0.3, -0.25) is 4.57 Å². The molecule has 2 heteroatoms. The molecule has 0 fully saturated rings. The fourth-order valence-electron chi connectivity index (χ4n) is 4.95. The molecule has 0 bridgehead atoms. The first-order chi connectivity index (χ1) is 14.4. The molecule has 1 aromatic heterocycles.